The maximum absolute atomic E-state index is 14.8. The molecular weight excluding hydrogens is 854 g/mol. The number of nitrogens with one attached hydrogen (secondary N) is 3. The van der Waals surface area contributed by atoms with E-state index in [0.717, 1.165) is 13.1 Å². The fourth-order valence-corrected chi connectivity index (χ4v) is 10.0. The van der Waals surface area contributed by atoms with Crippen molar-refractivity contribution in [3.05, 3.63) is 28.6 Å². The van der Waals surface area contributed by atoms with E-state index in [1.807, 2.05) is 53.0 Å². The number of likely N-dealkylation sites (tertiary alicyclic amines) is 1. The van der Waals surface area contributed by atoms with Crippen LogP contribution in [-0.4, -0.2) is 143 Å². The van der Waals surface area contributed by atoms with E-state index in [1.165, 1.54) is 16.2 Å². The number of aliphatic carboxylic acids is 1. The fourth-order valence-electron chi connectivity index (χ4n) is 8.93. The number of halogens is 1. The Morgan fingerprint density at radius 1 is 1.05 bits per heavy atom. The van der Waals surface area contributed by atoms with Crippen LogP contribution in [0.3, 0.4) is 0 Å². The van der Waals surface area contributed by atoms with Gasteiger partial charge < -0.3 is 49.6 Å². The lowest BCUT2D eigenvalue weighted by molar-refractivity contribution is -0.146. The number of carbonyl (C=O) groups excluding carboxylic acids is 3. The number of fused-ring (bicyclic) bond motifs is 2. The summed E-state index contributed by atoms with van der Waals surface area (Å²) < 4.78 is 29.7. The van der Waals surface area contributed by atoms with Crippen LogP contribution in [0.1, 0.15) is 73.6 Å². The van der Waals surface area contributed by atoms with Crippen molar-refractivity contribution in [3.8, 4) is 22.9 Å². The first-order chi connectivity index (χ1) is 30.0. The van der Waals surface area contributed by atoms with Gasteiger partial charge >= 0.3 is 12.1 Å². The number of thiazole rings is 1. The van der Waals surface area contributed by atoms with Gasteiger partial charge in [0.1, 0.15) is 58.7 Å². The number of hydrogen-bond acceptors (Lipinski definition) is 14. The summed E-state index contributed by atoms with van der Waals surface area (Å²) in [5, 5.41) is 22.7. The van der Waals surface area contributed by atoms with Gasteiger partial charge in [-0.25, -0.2) is 19.6 Å². The molecule has 8 rings (SSSR count). The number of rotatable bonds is 16. The fraction of sp³-hybridized carbons (Fsp3) is 0.636. The summed E-state index contributed by atoms with van der Waals surface area (Å²) in [5.74, 6) is -1.65. The predicted molar refractivity (Wildman–Crippen MR) is 235 cm³/mol. The zero-order valence-electron chi connectivity index (χ0n) is 36.6. The van der Waals surface area contributed by atoms with Gasteiger partial charge in [0.05, 0.1) is 43.2 Å². The van der Waals surface area contributed by atoms with Crippen molar-refractivity contribution in [1.29, 1.82) is 0 Å². The van der Waals surface area contributed by atoms with Crippen molar-refractivity contribution in [1.82, 2.24) is 30.4 Å². The van der Waals surface area contributed by atoms with Gasteiger partial charge in [-0.15, -0.1) is 11.3 Å². The number of carboxylic acid groups (broad SMARTS) is 1. The highest BCUT2D eigenvalue weighted by molar-refractivity contribution is 7.14. The molecule has 3 saturated heterocycles. The van der Waals surface area contributed by atoms with E-state index >= 15 is 0 Å². The first-order valence-corrected chi connectivity index (χ1v) is 23.2. The van der Waals surface area contributed by atoms with Gasteiger partial charge in [-0.3, -0.25) is 14.5 Å². The van der Waals surface area contributed by atoms with E-state index in [9.17, 15) is 24.3 Å². The molecular formula is C44H58ClN7O10S. The zero-order valence-corrected chi connectivity index (χ0v) is 38.2. The average Bonchev–Trinajstić information content (AvgIpc) is 3.91. The highest BCUT2D eigenvalue weighted by atomic mass is 35.5. The maximum Gasteiger partial charge on any atom is 0.408 e. The van der Waals surface area contributed by atoms with E-state index < -0.39 is 53.0 Å². The van der Waals surface area contributed by atoms with Crippen molar-refractivity contribution in [2.75, 3.05) is 51.3 Å². The Balaban J connectivity index is 1.09. The Bertz CT molecular complexity index is 2200. The molecule has 0 bridgehead atoms. The Labute approximate surface area is 375 Å². The summed E-state index contributed by atoms with van der Waals surface area (Å²) in [4.78, 5) is 68.4. The van der Waals surface area contributed by atoms with E-state index in [2.05, 4.69) is 20.9 Å². The summed E-state index contributed by atoms with van der Waals surface area (Å²) in [6.45, 7) is 15.5. The summed E-state index contributed by atoms with van der Waals surface area (Å²) in [7, 11) is 0. The molecule has 3 aliphatic heterocycles. The minimum Gasteiger partial charge on any atom is -0.491 e. The number of anilines is 1. The zero-order chi connectivity index (χ0) is 44.8. The van der Waals surface area contributed by atoms with Crippen LogP contribution < -0.4 is 25.4 Å². The molecule has 2 unspecified atom stereocenters. The summed E-state index contributed by atoms with van der Waals surface area (Å²) in [6, 6.07) is 3.31. The molecule has 3 aromatic rings. The lowest BCUT2D eigenvalue weighted by Gasteiger charge is -2.35. The van der Waals surface area contributed by atoms with E-state index in [-0.39, 0.29) is 49.7 Å². The van der Waals surface area contributed by atoms with E-state index in [0.29, 0.717) is 89.6 Å². The Kier molecular flexibility index (Phi) is 13.0. The average molecular weight is 913 g/mol. The molecule has 1 aromatic carbocycles. The predicted octanol–water partition coefficient (Wildman–Crippen LogP) is 5.33. The number of ether oxygens (including phenoxy) is 5. The monoisotopic (exact) mass is 911 g/mol. The topological polar surface area (TPSA) is 206 Å². The van der Waals surface area contributed by atoms with Gasteiger partial charge in [0, 0.05) is 61.8 Å². The molecule has 2 aliphatic carbocycles. The van der Waals surface area contributed by atoms with Gasteiger partial charge in [0.25, 0.3) is 0 Å². The number of nitrogens with zero attached hydrogens (tertiary/aromatic N) is 4. The van der Waals surface area contributed by atoms with Crippen LogP contribution in [0.25, 0.3) is 22.3 Å². The summed E-state index contributed by atoms with van der Waals surface area (Å²) in [6.07, 6.45) is 0.474. The number of amides is 3. The van der Waals surface area contributed by atoms with Crippen LogP contribution in [-0.2, 0) is 28.6 Å². The van der Waals surface area contributed by atoms with Crippen LogP contribution in [0.15, 0.2) is 23.6 Å². The Morgan fingerprint density at radius 3 is 2.46 bits per heavy atom. The quantitative estimate of drug-likeness (QED) is 0.134. The smallest absolute Gasteiger partial charge is 0.408 e. The minimum atomic E-state index is -1.43. The molecule has 0 radical (unpaired) electrons. The molecule has 5 heterocycles. The first-order valence-electron chi connectivity index (χ1n) is 22.0. The molecule has 2 saturated carbocycles. The largest absolute Gasteiger partial charge is 0.491 e. The van der Waals surface area contributed by atoms with Crippen molar-refractivity contribution in [2.45, 2.75) is 122 Å². The van der Waals surface area contributed by atoms with Crippen molar-refractivity contribution in [2.24, 2.45) is 11.3 Å². The second kappa shape index (κ2) is 18.2. The molecule has 2 aromatic heterocycles. The van der Waals surface area contributed by atoms with Gasteiger partial charge in [0.15, 0.2) is 5.13 Å². The third-order valence-electron chi connectivity index (χ3n) is 12.6. The molecule has 8 atom stereocenters. The number of hydrogen-bond donors (Lipinski definition) is 4. The van der Waals surface area contributed by atoms with Crippen LogP contribution in [0.4, 0.5) is 9.93 Å². The van der Waals surface area contributed by atoms with Gasteiger partial charge in [0.2, 0.25) is 11.8 Å². The van der Waals surface area contributed by atoms with Crippen LogP contribution in [0.5, 0.6) is 11.5 Å². The maximum atomic E-state index is 14.8. The third-order valence-corrected chi connectivity index (χ3v) is 13.7. The van der Waals surface area contributed by atoms with E-state index in [4.69, 9.17) is 45.3 Å². The summed E-state index contributed by atoms with van der Waals surface area (Å²) in [5.41, 5.74) is -0.740. The molecule has 342 valence electrons. The van der Waals surface area contributed by atoms with Gasteiger partial charge in [-0.05, 0) is 43.7 Å². The van der Waals surface area contributed by atoms with E-state index in [1.54, 1.807) is 12.1 Å². The number of aromatic nitrogens is 2. The molecule has 5 fully saturated rings. The molecule has 17 nitrogen and oxygen atoms in total. The van der Waals surface area contributed by atoms with Crippen molar-refractivity contribution in [3.63, 3.8) is 0 Å². The number of alkyl carbamates (subject to hydrolysis) is 1. The lowest BCUT2D eigenvalue weighted by atomic mass is 9.85. The molecule has 19 heteroatoms. The third kappa shape index (κ3) is 9.94. The Morgan fingerprint density at radius 2 is 1.79 bits per heavy atom. The number of carbonyl (C=O) groups is 4. The highest BCUT2D eigenvalue weighted by Gasteiger charge is 2.61. The van der Waals surface area contributed by atoms with Crippen LogP contribution in [0.2, 0.25) is 5.02 Å². The molecule has 63 heavy (non-hydrogen) atoms. The number of epoxide rings is 1. The van der Waals surface area contributed by atoms with Crippen LogP contribution in [0, 0.1) is 11.3 Å². The molecule has 4 N–H and O–H groups in total. The normalized spacial score (nSPS) is 27.1. The second-order valence-electron chi connectivity index (χ2n) is 18.6. The number of carboxylic acids is 1. The minimum absolute atomic E-state index is 0.0327. The summed E-state index contributed by atoms with van der Waals surface area (Å²) >= 11 is 8.54. The molecule has 0 spiro atoms. The van der Waals surface area contributed by atoms with Crippen molar-refractivity contribution < 1.29 is 48.0 Å². The first kappa shape index (κ1) is 45.1. The number of pyridine rings is 1. The highest BCUT2D eigenvalue weighted by Crippen LogP contribution is 2.47. The van der Waals surface area contributed by atoms with Gasteiger partial charge in [-0.1, -0.05) is 45.7 Å². The van der Waals surface area contributed by atoms with Gasteiger partial charge in [-0.2, -0.15) is 0 Å². The lowest BCUT2D eigenvalue weighted by Crippen LogP contribution is -2.59. The SMILES string of the molecule is CCC1C[C@]1(NC(=O)[C@@H]1C[C@@H](Oc2cc(-c3csc(NC(C)C)n3)nc3c(Cl)c(OCCN4CCOCC4)ccc23)CN1C(=O)[C@@H](NC(=O)OC1C[C@@H]2O[C@@H]2C1)C(C)(C)C)C(=O)O. The number of benzene rings is 1. The molecule has 5 aliphatic rings. The second-order valence-corrected chi connectivity index (χ2v) is 19.9. The standard InChI is InChI=1S/C44H58ClN7O10S/c1-7-24-20-44(24,40(55)56)50-38(53)30-16-26(21-52(30)39(54)37(43(4,5)6)49-42(57)61-25-17-33-34(18-25)62-33)60-32-19-28(29-22-63-41(48-29)46-23(2)3)47-36-27(32)8-9-31(35(36)45)59-15-12-51-10-13-58-14-11-51/h8-9,19,22-26,30,33-34,37H,7,10-18,20-21H2,1-6H3,(H,46,48)(H,49,57)(H,50,53)(H,55,56)/t24?,25?,26-,30+,33-,34+,37-,44-/m1/s1. The van der Waals surface area contributed by atoms with Crippen LogP contribution >= 0.6 is 22.9 Å². The number of morpholine rings is 1. The molecule has 3 amide bonds. The van der Waals surface area contributed by atoms with Crippen molar-refractivity contribution >= 4 is 62.8 Å². The Hall–Kier alpha value is -4.49.